The van der Waals surface area contributed by atoms with Crippen LogP contribution in [0.1, 0.15) is 12.6 Å². The van der Waals surface area contributed by atoms with E-state index in [1.165, 1.54) is 10.9 Å². The van der Waals surface area contributed by atoms with Gasteiger partial charge in [0.2, 0.25) is 5.95 Å². The van der Waals surface area contributed by atoms with Crippen molar-refractivity contribution in [3.63, 3.8) is 0 Å². The molecule has 0 atom stereocenters. The molecule has 0 N–H and O–H groups in total. The highest BCUT2D eigenvalue weighted by Gasteiger charge is 2.10. The van der Waals surface area contributed by atoms with Crippen LogP contribution in [0.5, 0.6) is 0 Å². The lowest BCUT2D eigenvalue weighted by Gasteiger charge is -1.92. The molecule has 3 nitrogen and oxygen atoms in total. The van der Waals surface area contributed by atoms with Crippen LogP contribution in [0.2, 0.25) is 0 Å². The van der Waals surface area contributed by atoms with Gasteiger partial charge in [0.1, 0.15) is 11.2 Å². The highest BCUT2D eigenvalue weighted by molar-refractivity contribution is 5.84. The summed E-state index contributed by atoms with van der Waals surface area (Å²) < 4.78 is 14.7. The normalized spacial score (nSPS) is 9.93. The Kier molecular flexibility index (Phi) is 1.93. The summed E-state index contributed by atoms with van der Waals surface area (Å²) >= 11 is 0. The van der Waals surface area contributed by atoms with Crippen LogP contribution in [-0.4, -0.2) is 14.8 Å². The molecular weight excluding hydrogens is 181 g/mol. The van der Waals surface area contributed by atoms with Crippen molar-refractivity contribution in [1.29, 1.82) is 0 Å². The van der Waals surface area contributed by atoms with Gasteiger partial charge in [0.15, 0.2) is 0 Å². The van der Waals surface area contributed by atoms with Crippen LogP contribution in [-0.2, 0) is 7.05 Å². The van der Waals surface area contributed by atoms with Gasteiger partial charge in [0.05, 0.1) is 0 Å². The van der Waals surface area contributed by atoms with E-state index in [4.69, 9.17) is 0 Å². The molecule has 0 saturated heterocycles. The van der Waals surface area contributed by atoms with Crippen molar-refractivity contribution >= 4 is 10.9 Å². The maximum Gasteiger partial charge on any atom is 0.239 e. The fourth-order valence-electron chi connectivity index (χ4n) is 1.39. The van der Waals surface area contributed by atoms with Crippen molar-refractivity contribution in [2.75, 3.05) is 0 Å². The number of hydrogen-bond donors (Lipinski definition) is 0. The third kappa shape index (κ3) is 1.14. The Bertz CT molecular complexity index is 545. The number of aromatic nitrogens is 3. The van der Waals surface area contributed by atoms with E-state index in [1.54, 1.807) is 20.0 Å². The van der Waals surface area contributed by atoms with Gasteiger partial charge in [-0.05, 0) is 18.9 Å². The Morgan fingerprint density at radius 2 is 2.29 bits per heavy atom. The van der Waals surface area contributed by atoms with Crippen LogP contribution in [0, 0.1) is 17.8 Å². The molecule has 4 heteroatoms. The van der Waals surface area contributed by atoms with Gasteiger partial charge in [-0.3, -0.25) is 4.68 Å². The first kappa shape index (κ1) is 8.70. The summed E-state index contributed by atoms with van der Waals surface area (Å²) in [5, 5.41) is 4.81. The highest BCUT2D eigenvalue weighted by atomic mass is 19.1. The quantitative estimate of drug-likeness (QED) is 0.464. The maximum atomic E-state index is 13.3. The van der Waals surface area contributed by atoms with E-state index in [1.807, 2.05) is 0 Å². The van der Waals surface area contributed by atoms with Gasteiger partial charge in [-0.1, -0.05) is 5.92 Å². The fraction of sp³-hybridized carbons (Fsp3) is 0.200. The van der Waals surface area contributed by atoms with Gasteiger partial charge in [-0.15, -0.1) is 0 Å². The van der Waals surface area contributed by atoms with E-state index in [2.05, 4.69) is 21.9 Å². The van der Waals surface area contributed by atoms with Gasteiger partial charge in [-0.2, -0.15) is 9.49 Å². The van der Waals surface area contributed by atoms with Crippen LogP contribution in [0.15, 0.2) is 12.3 Å². The highest BCUT2D eigenvalue weighted by Crippen LogP contribution is 2.18. The van der Waals surface area contributed by atoms with Crippen LogP contribution < -0.4 is 0 Å². The van der Waals surface area contributed by atoms with Gasteiger partial charge in [0, 0.05) is 18.6 Å². The number of hydrogen-bond acceptors (Lipinski definition) is 2. The minimum Gasteiger partial charge on any atom is -0.262 e. The van der Waals surface area contributed by atoms with Gasteiger partial charge >= 0.3 is 0 Å². The molecule has 0 unspecified atom stereocenters. The summed E-state index contributed by atoms with van der Waals surface area (Å²) in [5.74, 6) is 5.05. The van der Waals surface area contributed by atoms with E-state index < -0.39 is 5.95 Å². The molecule has 0 bridgehead atoms. The van der Waals surface area contributed by atoms with Crippen molar-refractivity contribution in [3.05, 3.63) is 23.9 Å². The van der Waals surface area contributed by atoms with Gasteiger partial charge in [0.25, 0.3) is 0 Å². The van der Waals surface area contributed by atoms with Gasteiger partial charge < -0.3 is 0 Å². The van der Waals surface area contributed by atoms with E-state index in [0.717, 1.165) is 0 Å². The molecule has 2 heterocycles. The fourth-order valence-corrected chi connectivity index (χ4v) is 1.39. The minimum absolute atomic E-state index is 0.394. The summed E-state index contributed by atoms with van der Waals surface area (Å²) in [4.78, 5) is 3.57. The monoisotopic (exact) mass is 189 g/mol. The summed E-state index contributed by atoms with van der Waals surface area (Å²) in [6.45, 7) is 1.72. The van der Waals surface area contributed by atoms with Crippen molar-refractivity contribution in [2.45, 2.75) is 6.92 Å². The first-order valence-corrected chi connectivity index (χ1v) is 4.14. The molecule has 0 spiro atoms. The number of aryl methyl sites for hydroxylation is 1. The summed E-state index contributed by atoms with van der Waals surface area (Å²) in [7, 11) is 1.67. The molecule has 0 amide bonds. The van der Waals surface area contributed by atoms with Crippen molar-refractivity contribution in [1.82, 2.24) is 14.8 Å². The van der Waals surface area contributed by atoms with E-state index in [-0.39, 0.29) is 0 Å². The lowest BCUT2D eigenvalue weighted by Crippen LogP contribution is -1.93. The van der Waals surface area contributed by atoms with E-state index >= 15 is 0 Å². The first-order valence-electron chi connectivity index (χ1n) is 4.14. The number of halogens is 1. The minimum atomic E-state index is -0.512. The predicted octanol–water partition coefficient (Wildman–Crippen LogP) is 1.48. The zero-order valence-electron chi connectivity index (χ0n) is 7.87. The topological polar surface area (TPSA) is 30.7 Å². The molecule has 2 aromatic heterocycles. The summed E-state index contributed by atoms with van der Waals surface area (Å²) in [6.07, 6.45) is 1.42. The predicted molar refractivity (Wildman–Crippen MR) is 51.0 cm³/mol. The molecule has 0 radical (unpaired) electrons. The Balaban J connectivity index is 2.88. The van der Waals surface area contributed by atoms with Crippen LogP contribution >= 0.6 is 0 Å². The van der Waals surface area contributed by atoms with Gasteiger partial charge in [-0.25, -0.2) is 4.98 Å². The summed E-state index contributed by atoms with van der Waals surface area (Å²) in [5.41, 5.74) is 0.983. The number of fused-ring (bicyclic) bond motifs is 1. The largest absolute Gasteiger partial charge is 0.262 e. The second kappa shape index (κ2) is 3.11. The molecule has 0 aliphatic heterocycles. The van der Waals surface area contributed by atoms with Crippen molar-refractivity contribution in [3.8, 4) is 11.8 Å². The molecule has 2 aromatic rings. The second-order valence-electron chi connectivity index (χ2n) is 2.85. The van der Waals surface area contributed by atoms with Crippen molar-refractivity contribution < 1.29 is 4.39 Å². The number of nitrogens with zero attached hydrogens (tertiary/aromatic N) is 3. The van der Waals surface area contributed by atoms with E-state index in [0.29, 0.717) is 16.6 Å². The molecule has 0 aliphatic carbocycles. The molecule has 14 heavy (non-hydrogen) atoms. The smallest absolute Gasteiger partial charge is 0.239 e. The van der Waals surface area contributed by atoms with Crippen LogP contribution in [0.3, 0.4) is 0 Å². The molecule has 2 rings (SSSR count). The first-order chi connectivity index (χ1) is 6.74. The maximum absolute atomic E-state index is 13.3. The van der Waals surface area contributed by atoms with Crippen molar-refractivity contribution in [2.24, 2.45) is 7.05 Å². The summed E-state index contributed by atoms with van der Waals surface area (Å²) in [6, 6.07) is 1.71. The molecule has 0 aromatic carbocycles. The number of rotatable bonds is 0. The Morgan fingerprint density at radius 3 is 3.00 bits per heavy atom. The lowest BCUT2D eigenvalue weighted by atomic mass is 10.2. The molecular formula is C10H8FN3. The third-order valence-corrected chi connectivity index (χ3v) is 1.95. The average molecular weight is 189 g/mol. The number of pyridine rings is 1. The Morgan fingerprint density at radius 1 is 1.50 bits per heavy atom. The van der Waals surface area contributed by atoms with Crippen LogP contribution in [0.4, 0.5) is 4.39 Å². The Labute approximate surface area is 80.6 Å². The molecule has 0 fully saturated rings. The van der Waals surface area contributed by atoms with E-state index in [9.17, 15) is 4.39 Å². The SMILES string of the molecule is CC#Cc1nn(C)c2c(F)nccc12. The molecule has 0 aliphatic rings. The van der Waals surface area contributed by atoms with Crippen LogP contribution in [0.25, 0.3) is 10.9 Å². The third-order valence-electron chi connectivity index (χ3n) is 1.95. The zero-order valence-corrected chi connectivity index (χ0v) is 7.87. The zero-order chi connectivity index (χ0) is 10.1. The average Bonchev–Trinajstić information content (AvgIpc) is 2.46. The Hall–Kier alpha value is -1.89. The molecule has 70 valence electrons. The molecule has 0 saturated carbocycles. The standard InChI is InChI=1S/C10H8FN3/c1-3-4-8-7-5-6-12-10(11)9(7)14(2)13-8/h5-6H,1-2H3. The lowest BCUT2D eigenvalue weighted by molar-refractivity contribution is 0.585. The second-order valence-corrected chi connectivity index (χ2v) is 2.85.